The minimum absolute atomic E-state index is 0.527. The number of hydrogen-bond donors (Lipinski definition) is 2. The first-order valence-electron chi connectivity index (χ1n) is 6.76. The van der Waals surface area contributed by atoms with Gasteiger partial charge in [-0.05, 0) is 29.8 Å². The van der Waals surface area contributed by atoms with E-state index in [1.54, 1.807) is 7.11 Å². The first-order valence-corrected chi connectivity index (χ1v) is 8.53. The van der Waals surface area contributed by atoms with E-state index in [-0.39, 0.29) is 0 Å². The smallest absolute Gasteiger partial charge is 0.166 e. The third-order valence-corrected chi connectivity index (χ3v) is 4.78. The summed E-state index contributed by atoms with van der Waals surface area (Å²) in [5.41, 5.74) is 2.72. The first-order chi connectivity index (χ1) is 10.7. The zero-order valence-electron chi connectivity index (χ0n) is 11.9. The van der Waals surface area contributed by atoms with Gasteiger partial charge in [0.1, 0.15) is 5.75 Å². The molecule has 0 radical (unpaired) electrons. The fourth-order valence-corrected chi connectivity index (χ4v) is 3.22. The second kappa shape index (κ2) is 6.73. The number of aliphatic hydroxyl groups excluding tert-OH is 1. The van der Waals surface area contributed by atoms with Gasteiger partial charge in [0.15, 0.2) is 5.16 Å². The van der Waals surface area contributed by atoms with E-state index in [0.717, 1.165) is 32.0 Å². The minimum atomic E-state index is -0.527. The van der Waals surface area contributed by atoms with Crippen molar-refractivity contribution in [1.82, 2.24) is 9.97 Å². The summed E-state index contributed by atoms with van der Waals surface area (Å²) in [7, 11) is 1.64. The molecule has 0 fully saturated rings. The summed E-state index contributed by atoms with van der Waals surface area (Å²) in [4.78, 5) is 7.74. The molecule has 22 heavy (non-hydrogen) atoms. The van der Waals surface area contributed by atoms with Gasteiger partial charge in [0.25, 0.3) is 0 Å². The highest BCUT2D eigenvalue weighted by atomic mass is 79.9. The van der Waals surface area contributed by atoms with Gasteiger partial charge in [-0.15, -0.1) is 0 Å². The van der Waals surface area contributed by atoms with Gasteiger partial charge in [0.05, 0.1) is 24.2 Å². The van der Waals surface area contributed by atoms with E-state index in [1.807, 2.05) is 42.5 Å². The molecule has 1 heterocycles. The van der Waals surface area contributed by atoms with Gasteiger partial charge in [-0.2, -0.15) is 0 Å². The third kappa shape index (κ3) is 3.45. The third-order valence-electron chi connectivity index (χ3n) is 3.30. The number of nitrogens with one attached hydrogen (secondary N) is 1. The molecule has 0 aliphatic rings. The summed E-state index contributed by atoms with van der Waals surface area (Å²) < 4.78 is 6.20. The second-order valence-electron chi connectivity index (χ2n) is 4.80. The number of fused-ring (bicyclic) bond motifs is 1. The van der Waals surface area contributed by atoms with Gasteiger partial charge < -0.3 is 14.8 Å². The van der Waals surface area contributed by atoms with Crippen molar-refractivity contribution in [3.63, 3.8) is 0 Å². The van der Waals surface area contributed by atoms with E-state index in [9.17, 15) is 5.11 Å². The number of thioether (sulfide) groups is 1. The molecule has 3 aromatic rings. The normalized spacial score (nSPS) is 12.5. The summed E-state index contributed by atoms with van der Waals surface area (Å²) in [5.74, 6) is 1.33. The Kier molecular flexibility index (Phi) is 4.71. The van der Waals surface area contributed by atoms with Crippen LogP contribution in [0, 0.1) is 0 Å². The highest BCUT2D eigenvalue weighted by molar-refractivity contribution is 9.10. The number of nitrogens with zero attached hydrogens (tertiary/aromatic N) is 1. The lowest BCUT2D eigenvalue weighted by Gasteiger charge is -2.09. The molecule has 0 bridgehead atoms. The van der Waals surface area contributed by atoms with Crippen LogP contribution in [0.4, 0.5) is 0 Å². The number of aromatic amines is 1. The fourth-order valence-electron chi connectivity index (χ4n) is 2.10. The lowest BCUT2D eigenvalue weighted by molar-refractivity contribution is 0.204. The number of benzene rings is 2. The van der Waals surface area contributed by atoms with Crippen LogP contribution in [0.3, 0.4) is 0 Å². The summed E-state index contributed by atoms with van der Waals surface area (Å²) in [6.45, 7) is 0. The largest absolute Gasteiger partial charge is 0.497 e. The molecule has 0 saturated heterocycles. The molecular formula is C16H15BrN2O2S. The molecule has 0 unspecified atom stereocenters. The number of aromatic nitrogens is 2. The number of hydrogen-bond acceptors (Lipinski definition) is 4. The van der Waals surface area contributed by atoms with E-state index < -0.39 is 6.10 Å². The highest BCUT2D eigenvalue weighted by Gasteiger charge is 2.10. The number of aliphatic hydroxyl groups is 1. The number of ether oxygens (including phenoxy) is 1. The van der Waals surface area contributed by atoms with Gasteiger partial charge in [-0.25, -0.2) is 4.98 Å². The number of rotatable bonds is 5. The molecule has 0 aliphatic heterocycles. The van der Waals surface area contributed by atoms with Crippen molar-refractivity contribution >= 4 is 38.7 Å². The zero-order valence-corrected chi connectivity index (χ0v) is 14.3. The molecule has 0 amide bonds. The van der Waals surface area contributed by atoms with Crippen LogP contribution in [0.25, 0.3) is 11.0 Å². The summed E-state index contributed by atoms with van der Waals surface area (Å²) in [5, 5.41) is 11.0. The average Bonchev–Trinajstić information content (AvgIpc) is 2.95. The van der Waals surface area contributed by atoms with Crippen LogP contribution in [0.5, 0.6) is 5.75 Å². The topological polar surface area (TPSA) is 58.1 Å². The Morgan fingerprint density at radius 3 is 2.77 bits per heavy atom. The van der Waals surface area contributed by atoms with Gasteiger partial charge in [0, 0.05) is 16.3 Å². The van der Waals surface area contributed by atoms with Crippen molar-refractivity contribution in [3.05, 3.63) is 52.5 Å². The average molecular weight is 379 g/mol. The first kappa shape index (κ1) is 15.4. The highest BCUT2D eigenvalue weighted by Crippen LogP contribution is 2.27. The molecule has 0 aliphatic carbocycles. The maximum atomic E-state index is 10.2. The monoisotopic (exact) mass is 378 g/mol. The Labute approximate surface area is 141 Å². The molecule has 1 aromatic heterocycles. The molecule has 2 N–H and O–H groups in total. The van der Waals surface area contributed by atoms with E-state index >= 15 is 0 Å². The Morgan fingerprint density at radius 1 is 1.27 bits per heavy atom. The number of methoxy groups -OCH3 is 1. The van der Waals surface area contributed by atoms with Gasteiger partial charge in [0.2, 0.25) is 0 Å². The van der Waals surface area contributed by atoms with Crippen LogP contribution in [-0.2, 0) is 0 Å². The quantitative estimate of drug-likeness (QED) is 0.654. The summed E-state index contributed by atoms with van der Waals surface area (Å²) >= 11 is 4.89. The molecule has 1 atom stereocenters. The molecule has 4 nitrogen and oxygen atoms in total. The lowest BCUT2D eigenvalue weighted by atomic mass is 10.1. The van der Waals surface area contributed by atoms with Gasteiger partial charge in [-0.3, -0.25) is 0 Å². The number of H-pyrrole nitrogens is 1. The standard InChI is InChI=1S/C16H15BrN2O2S/c1-21-12-6-7-13-14(8-12)19-16(18-13)22-9-15(20)10-2-4-11(17)5-3-10/h2-8,15,20H,9H2,1H3,(H,18,19)/t15-/m0/s1. The van der Waals surface area contributed by atoms with Crippen LogP contribution in [0.1, 0.15) is 11.7 Å². The lowest BCUT2D eigenvalue weighted by Crippen LogP contribution is -2.00. The summed E-state index contributed by atoms with van der Waals surface area (Å²) in [6, 6.07) is 13.4. The Balaban J connectivity index is 1.69. The maximum absolute atomic E-state index is 10.2. The predicted octanol–water partition coefficient (Wildman–Crippen LogP) is 4.16. The van der Waals surface area contributed by atoms with Crippen LogP contribution in [0.2, 0.25) is 0 Å². The van der Waals surface area contributed by atoms with Crippen LogP contribution < -0.4 is 4.74 Å². The maximum Gasteiger partial charge on any atom is 0.166 e. The van der Waals surface area contributed by atoms with Gasteiger partial charge in [-0.1, -0.05) is 39.8 Å². The molecule has 6 heteroatoms. The second-order valence-corrected chi connectivity index (χ2v) is 6.73. The fraction of sp³-hybridized carbons (Fsp3) is 0.188. The molecule has 3 rings (SSSR count). The van der Waals surface area contributed by atoms with Crippen molar-refractivity contribution in [2.75, 3.05) is 12.9 Å². The summed E-state index contributed by atoms with van der Waals surface area (Å²) in [6.07, 6.45) is -0.527. The molecule has 2 aromatic carbocycles. The van der Waals surface area contributed by atoms with Crippen molar-refractivity contribution in [3.8, 4) is 5.75 Å². The van der Waals surface area contributed by atoms with Crippen LogP contribution in [0.15, 0.2) is 52.1 Å². The molecule has 0 saturated carbocycles. The Hall–Kier alpha value is -1.50. The van der Waals surface area contributed by atoms with E-state index in [4.69, 9.17) is 4.74 Å². The van der Waals surface area contributed by atoms with E-state index in [1.165, 1.54) is 11.8 Å². The Morgan fingerprint density at radius 2 is 2.05 bits per heavy atom. The molecular weight excluding hydrogens is 364 g/mol. The predicted molar refractivity (Wildman–Crippen MR) is 92.5 cm³/mol. The van der Waals surface area contributed by atoms with E-state index in [0.29, 0.717) is 5.75 Å². The minimum Gasteiger partial charge on any atom is -0.497 e. The molecule has 0 spiro atoms. The number of halogens is 1. The Bertz CT molecular complexity index is 773. The van der Waals surface area contributed by atoms with Crippen molar-refractivity contribution in [1.29, 1.82) is 0 Å². The zero-order chi connectivity index (χ0) is 15.5. The van der Waals surface area contributed by atoms with Crippen molar-refractivity contribution in [2.45, 2.75) is 11.3 Å². The van der Waals surface area contributed by atoms with Crippen LogP contribution >= 0.6 is 27.7 Å². The number of imidazole rings is 1. The van der Waals surface area contributed by atoms with Crippen molar-refractivity contribution in [2.24, 2.45) is 0 Å². The van der Waals surface area contributed by atoms with Gasteiger partial charge >= 0.3 is 0 Å². The SMILES string of the molecule is COc1ccc2nc(SC[C@H](O)c3ccc(Br)cc3)[nH]c2c1. The molecule has 114 valence electrons. The van der Waals surface area contributed by atoms with Crippen molar-refractivity contribution < 1.29 is 9.84 Å². The van der Waals surface area contributed by atoms with Crippen LogP contribution in [-0.4, -0.2) is 27.9 Å². The van der Waals surface area contributed by atoms with E-state index in [2.05, 4.69) is 25.9 Å².